The van der Waals surface area contributed by atoms with Crippen LogP contribution in [0.15, 0.2) is 53.2 Å². The molecule has 1 heterocycles. The topological polar surface area (TPSA) is 88.4 Å². The van der Waals surface area contributed by atoms with E-state index in [1.807, 2.05) is 0 Å². The van der Waals surface area contributed by atoms with Crippen molar-refractivity contribution in [1.82, 2.24) is 0 Å². The first-order chi connectivity index (χ1) is 12.9. The highest BCUT2D eigenvalue weighted by atomic mass is 16.5. The molecule has 0 radical (unpaired) electrons. The number of aliphatic imine (C=N–C) groups is 1. The molecule has 0 spiro atoms. The number of methoxy groups -OCH3 is 2. The van der Waals surface area contributed by atoms with E-state index in [4.69, 9.17) is 14.6 Å². The van der Waals surface area contributed by atoms with Gasteiger partial charge in [0.15, 0.2) is 11.5 Å². The fourth-order valence-corrected chi connectivity index (χ4v) is 2.79. The van der Waals surface area contributed by atoms with Crippen molar-refractivity contribution in [1.29, 1.82) is 0 Å². The van der Waals surface area contributed by atoms with Crippen molar-refractivity contribution in [2.24, 2.45) is 4.99 Å². The maximum atomic E-state index is 12.8. The molecule has 0 aromatic heterocycles. The van der Waals surface area contributed by atoms with Crippen LogP contribution < -0.4 is 14.4 Å². The average molecular weight is 366 g/mol. The molecular weight excluding hydrogens is 348 g/mol. The highest BCUT2D eigenvalue weighted by molar-refractivity contribution is 6.28. The summed E-state index contributed by atoms with van der Waals surface area (Å²) in [6.45, 7) is 1.72. The van der Waals surface area contributed by atoms with Gasteiger partial charge in [-0.1, -0.05) is 6.07 Å². The molecule has 0 atom stereocenters. The molecule has 138 valence electrons. The van der Waals surface area contributed by atoms with Gasteiger partial charge >= 0.3 is 5.97 Å². The maximum Gasteiger partial charge on any atom is 0.335 e. The number of anilines is 1. The quantitative estimate of drug-likeness (QED) is 0.821. The summed E-state index contributed by atoms with van der Waals surface area (Å²) in [6, 6.07) is 11.4. The Labute approximate surface area is 156 Å². The lowest BCUT2D eigenvalue weighted by Gasteiger charge is -2.16. The predicted octanol–water partition coefficient (Wildman–Crippen LogP) is 3.21. The van der Waals surface area contributed by atoms with Gasteiger partial charge in [0.2, 0.25) is 0 Å². The summed E-state index contributed by atoms with van der Waals surface area (Å²) in [7, 11) is 3.10. The number of hydrogen-bond acceptors (Lipinski definition) is 5. The van der Waals surface area contributed by atoms with Crippen molar-refractivity contribution in [2.75, 3.05) is 19.1 Å². The second-order valence-corrected chi connectivity index (χ2v) is 5.80. The van der Waals surface area contributed by atoms with Crippen molar-refractivity contribution in [3.05, 3.63) is 59.3 Å². The molecule has 0 fully saturated rings. The standard InChI is InChI=1S/C20H18N2O5/c1-12-21-16(10-13-4-9-17(26-2)18(11-13)27-3)19(23)22(12)15-7-5-14(6-8-15)20(24)25/h4-11H,1-3H3,(H,24,25)/b16-10-. The molecule has 1 aliphatic heterocycles. The Kier molecular flexibility index (Phi) is 4.94. The molecule has 2 aromatic rings. The van der Waals surface area contributed by atoms with Crippen molar-refractivity contribution in [3.8, 4) is 11.5 Å². The van der Waals surface area contributed by atoms with Crippen LogP contribution in [-0.4, -0.2) is 37.0 Å². The molecule has 0 saturated heterocycles. The summed E-state index contributed by atoms with van der Waals surface area (Å²) >= 11 is 0. The van der Waals surface area contributed by atoms with E-state index in [2.05, 4.69) is 4.99 Å². The molecule has 1 amide bonds. The molecule has 27 heavy (non-hydrogen) atoms. The van der Waals surface area contributed by atoms with Crippen LogP contribution in [-0.2, 0) is 4.79 Å². The fraction of sp³-hybridized carbons (Fsp3) is 0.150. The van der Waals surface area contributed by atoms with Gasteiger partial charge in [-0.15, -0.1) is 0 Å². The molecule has 0 saturated carbocycles. The smallest absolute Gasteiger partial charge is 0.335 e. The molecule has 3 rings (SSSR count). The molecule has 0 bridgehead atoms. The third-order valence-corrected chi connectivity index (χ3v) is 4.11. The normalized spacial score (nSPS) is 15.1. The van der Waals surface area contributed by atoms with E-state index in [1.54, 1.807) is 57.6 Å². The zero-order chi connectivity index (χ0) is 19.6. The van der Waals surface area contributed by atoms with Crippen LogP contribution in [0, 0.1) is 0 Å². The number of carboxylic acid groups (broad SMARTS) is 1. The second-order valence-electron chi connectivity index (χ2n) is 5.80. The van der Waals surface area contributed by atoms with Gasteiger partial charge in [0.1, 0.15) is 11.5 Å². The number of carbonyl (C=O) groups is 2. The van der Waals surface area contributed by atoms with E-state index < -0.39 is 5.97 Å². The minimum atomic E-state index is -1.02. The molecule has 1 aliphatic rings. The number of aromatic carboxylic acids is 1. The number of rotatable bonds is 5. The Morgan fingerprint density at radius 1 is 1.07 bits per heavy atom. The van der Waals surface area contributed by atoms with Crippen LogP contribution in [0.4, 0.5) is 5.69 Å². The van der Waals surface area contributed by atoms with Crippen LogP contribution in [0.1, 0.15) is 22.8 Å². The zero-order valence-corrected chi connectivity index (χ0v) is 15.1. The van der Waals surface area contributed by atoms with Crippen LogP contribution in [0.5, 0.6) is 11.5 Å². The Morgan fingerprint density at radius 2 is 1.74 bits per heavy atom. The summed E-state index contributed by atoms with van der Waals surface area (Å²) in [4.78, 5) is 29.6. The zero-order valence-electron chi connectivity index (χ0n) is 15.1. The minimum absolute atomic E-state index is 0.154. The number of hydrogen-bond donors (Lipinski definition) is 1. The lowest BCUT2D eigenvalue weighted by molar-refractivity contribution is -0.113. The first-order valence-corrected chi connectivity index (χ1v) is 8.11. The summed E-state index contributed by atoms with van der Waals surface area (Å²) in [5.74, 6) is 0.352. The van der Waals surface area contributed by atoms with Gasteiger partial charge in [-0.3, -0.25) is 9.69 Å². The van der Waals surface area contributed by atoms with E-state index in [9.17, 15) is 9.59 Å². The lowest BCUT2D eigenvalue weighted by atomic mass is 10.1. The number of nitrogens with zero attached hydrogens (tertiary/aromatic N) is 2. The molecule has 1 N–H and O–H groups in total. The average Bonchev–Trinajstić information content (AvgIpc) is 2.94. The molecular formula is C20H18N2O5. The van der Waals surface area contributed by atoms with Gasteiger partial charge in [0.05, 0.1) is 25.5 Å². The number of carbonyl (C=O) groups excluding carboxylic acids is 1. The van der Waals surface area contributed by atoms with Gasteiger partial charge in [-0.2, -0.15) is 0 Å². The van der Waals surface area contributed by atoms with E-state index in [0.29, 0.717) is 23.0 Å². The Hall–Kier alpha value is -3.61. The van der Waals surface area contributed by atoms with Crippen molar-refractivity contribution in [2.45, 2.75) is 6.92 Å². The SMILES string of the molecule is COc1ccc(/C=C2\N=C(C)N(c3ccc(C(=O)O)cc3)C2=O)cc1OC. The van der Waals surface area contributed by atoms with Gasteiger partial charge in [0, 0.05) is 0 Å². The number of benzene rings is 2. The number of amides is 1. The van der Waals surface area contributed by atoms with Crippen LogP contribution in [0.2, 0.25) is 0 Å². The Morgan fingerprint density at radius 3 is 2.33 bits per heavy atom. The molecule has 7 nitrogen and oxygen atoms in total. The van der Waals surface area contributed by atoms with Crippen molar-refractivity contribution < 1.29 is 24.2 Å². The van der Waals surface area contributed by atoms with Gasteiger partial charge in [-0.25, -0.2) is 9.79 Å². The molecule has 7 heteroatoms. The number of ether oxygens (including phenoxy) is 2. The second kappa shape index (κ2) is 7.33. The fourth-order valence-electron chi connectivity index (χ4n) is 2.79. The Balaban J connectivity index is 1.90. The summed E-state index contributed by atoms with van der Waals surface area (Å²) in [6.07, 6.45) is 1.67. The van der Waals surface area contributed by atoms with Gasteiger partial charge < -0.3 is 14.6 Å². The predicted molar refractivity (Wildman–Crippen MR) is 102 cm³/mol. The summed E-state index contributed by atoms with van der Waals surface area (Å²) in [5, 5.41) is 9.00. The largest absolute Gasteiger partial charge is 0.493 e. The third-order valence-electron chi connectivity index (χ3n) is 4.11. The maximum absolute atomic E-state index is 12.8. The van der Waals surface area contributed by atoms with Crippen LogP contribution in [0.25, 0.3) is 6.08 Å². The lowest BCUT2D eigenvalue weighted by Crippen LogP contribution is -2.30. The highest BCUT2D eigenvalue weighted by Gasteiger charge is 2.29. The van der Waals surface area contributed by atoms with E-state index in [1.165, 1.54) is 17.0 Å². The summed E-state index contributed by atoms with van der Waals surface area (Å²) < 4.78 is 10.5. The van der Waals surface area contributed by atoms with E-state index in [0.717, 1.165) is 5.56 Å². The monoisotopic (exact) mass is 366 g/mol. The van der Waals surface area contributed by atoms with Crippen molar-refractivity contribution >= 4 is 29.5 Å². The van der Waals surface area contributed by atoms with Crippen LogP contribution in [0.3, 0.4) is 0 Å². The van der Waals surface area contributed by atoms with E-state index >= 15 is 0 Å². The number of amidine groups is 1. The summed E-state index contributed by atoms with van der Waals surface area (Å²) in [5.41, 5.74) is 1.74. The third kappa shape index (κ3) is 3.52. The van der Waals surface area contributed by atoms with Crippen molar-refractivity contribution in [3.63, 3.8) is 0 Å². The molecule has 2 aromatic carbocycles. The van der Waals surface area contributed by atoms with Crippen LogP contribution >= 0.6 is 0 Å². The van der Waals surface area contributed by atoms with Gasteiger partial charge in [0.25, 0.3) is 5.91 Å². The minimum Gasteiger partial charge on any atom is -0.493 e. The first-order valence-electron chi connectivity index (χ1n) is 8.11. The van der Waals surface area contributed by atoms with Gasteiger partial charge in [-0.05, 0) is 55.0 Å². The highest BCUT2D eigenvalue weighted by Crippen LogP contribution is 2.30. The molecule has 0 aliphatic carbocycles. The first kappa shape index (κ1) is 18.2. The number of carboxylic acids is 1. The Bertz CT molecular complexity index is 961. The van der Waals surface area contributed by atoms with E-state index in [-0.39, 0.29) is 17.2 Å². The molecule has 0 unspecified atom stereocenters.